The normalized spacial score (nSPS) is 21.3. The van der Waals surface area contributed by atoms with Crippen LogP contribution in [0.4, 0.5) is 0 Å². The van der Waals surface area contributed by atoms with Gasteiger partial charge in [0.25, 0.3) is 0 Å². The monoisotopic (exact) mass is 251 g/mol. The minimum absolute atomic E-state index is 0.00575. The molecule has 1 N–H and O–H groups in total. The third-order valence-electron chi connectivity index (χ3n) is 3.93. The summed E-state index contributed by atoms with van der Waals surface area (Å²) in [5.41, 5.74) is 0.122. The van der Waals surface area contributed by atoms with Crippen molar-refractivity contribution in [3.63, 3.8) is 0 Å². The number of carbonyl (C=O) groups is 1. The highest BCUT2D eigenvalue weighted by Crippen LogP contribution is 2.32. The van der Waals surface area contributed by atoms with Gasteiger partial charge in [0.05, 0.1) is 6.07 Å². The van der Waals surface area contributed by atoms with Gasteiger partial charge < -0.3 is 10.2 Å². The second-order valence-electron chi connectivity index (χ2n) is 6.02. The van der Waals surface area contributed by atoms with Crippen LogP contribution in [-0.2, 0) is 4.79 Å². The molecule has 1 saturated heterocycles. The van der Waals surface area contributed by atoms with Crippen molar-refractivity contribution in [1.82, 2.24) is 10.2 Å². The van der Waals surface area contributed by atoms with E-state index in [0.717, 1.165) is 6.54 Å². The molecule has 1 fully saturated rings. The standard InChI is InChI=1S/C14H25N3O/c1-14(2,11-16-13(18)7-4-8-15)12-6-5-9-17(3)10-12/h12H,4-7,9-11H2,1-3H3,(H,16,18). The average Bonchev–Trinajstić information content (AvgIpc) is 2.34. The zero-order valence-corrected chi connectivity index (χ0v) is 11.8. The Labute approximate surface area is 110 Å². The number of piperidine rings is 1. The van der Waals surface area contributed by atoms with E-state index < -0.39 is 0 Å². The number of hydrogen-bond acceptors (Lipinski definition) is 3. The van der Waals surface area contributed by atoms with Crippen molar-refractivity contribution in [2.45, 2.75) is 39.5 Å². The van der Waals surface area contributed by atoms with E-state index in [4.69, 9.17) is 5.26 Å². The van der Waals surface area contributed by atoms with Crippen LogP contribution in [0, 0.1) is 22.7 Å². The lowest BCUT2D eigenvalue weighted by Crippen LogP contribution is -2.45. The van der Waals surface area contributed by atoms with E-state index in [0.29, 0.717) is 25.3 Å². The Morgan fingerprint density at radius 2 is 2.28 bits per heavy atom. The van der Waals surface area contributed by atoms with Crippen molar-refractivity contribution in [3.8, 4) is 6.07 Å². The summed E-state index contributed by atoms with van der Waals surface area (Å²) >= 11 is 0. The van der Waals surface area contributed by atoms with Gasteiger partial charge in [-0.05, 0) is 37.8 Å². The summed E-state index contributed by atoms with van der Waals surface area (Å²) in [6, 6.07) is 2.00. The minimum atomic E-state index is -0.00575. The Hall–Kier alpha value is -1.08. The molecule has 0 aromatic heterocycles. The van der Waals surface area contributed by atoms with Crippen LogP contribution in [0.1, 0.15) is 39.5 Å². The first-order valence-corrected chi connectivity index (χ1v) is 6.78. The lowest BCUT2D eigenvalue weighted by Gasteiger charge is -2.40. The van der Waals surface area contributed by atoms with Gasteiger partial charge in [-0.1, -0.05) is 13.8 Å². The average molecular weight is 251 g/mol. The summed E-state index contributed by atoms with van der Waals surface area (Å²) in [6.07, 6.45) is 3.11. The van der Waals surface area contributed by atoms with Gasteiger partial charge in [0, 0.05) is 25.9 Å². The zero-order valence-electron chi connectivity index (χ0n) is 11.8. The van der Waals surface area contributed by atoms with Crippen molar-refractivity contribution in [2.75, 3.05) is 26.7 Å². The number of nitriles is 1. The minimum Gasteiger partial charge on any atom is -0.356 e. The van der Waals surface area contributed by atoms with Crippen molar-refractivity contribution >= 4 is 5.91 Å². The highest BCUT2D eigenvalue weighted by molar-refractivity contribution is 5.76. The molecule has 0 radical (unpaired) electrons. The molecule has 1 amide bonds. The number of rotatable bonds is 5. The molecular formula is C14H25N3O. The summed E-state index contributed by atoms with van der Waals surface area (Å²) in [5.74, 6) is 0.626. The molecule has 0 aromatic rings. The van der Waals surface area contributed by atoms with E-state index in [1.165, 1.54) is 19.4 Å². The first-order chi connectivity index (χ1) is 8.45. The van der Waals surface area contributed by atoms with Crippen LogP contribution in [0.15, 0.2) is 0 Å². The summed E-state index contributed by atoms with van der Waals surface area (Å²) in [7, 11) is 2.16. The van der Waals surface area contributed by atoms with Gasteiger partial charge in [0.1, 0.15) is 0 Å². The molecule has 1 aliphatic heterocycles. The fourth-order valence-corrected chi connectivity index (χ4v) is 2.53. The summed E-state index contributed by atoms with van der Waals surface area (Å²) in [5, 5.41) is 11.4. The maximum Gasteiger partial charge on any atom is 0.221 e. The second kappa shape index (κ2) is 6.75. The Bertz CT molecular complexity index is 319. The fourth-order valence-electron chi connectivity index (χ4n) is 2.53. The molecule has 1 aliphatic rings. The maximum atomic E-state index is 11.5. The van der Waals surface area contributed by atoms with E-state index in [2.05, 4.69) is 31.1 Å². The predicted molar refractivity (Wildman–Crippen MR) is 71.9 cm³/mol. The third-order valence-corrected chi connectivity index (χ3v) is 3.93. The van der Waals surface area contributed by atoms with Crippen LogP contribution in [0.5, 0.6) is 0 Å². The third kappa shape index (κ3) is 4.66. The first-order valence-electron chi connectivity index (χ1n) is 6.78. The quantitative estimate of drug-likeness (QED) is 0.810. The van der Waals surface area contributed by atoms with Gasteiger partial charge in [0.2, 0.25) is 5.91 Å². The van der Waals surface area contributed by atoms with Gasteiger partial charge in [-0.25, -0.2) is 0 Å². The molecule has 102 valence electrons. The van der Waals surface area contributed by atoms with E-state index in [1.807, 2.05) is 6.07 Å². The summed E-state index contributed by atoms with van der Waals surface area (Å²) < 4.78 is 0. The van der Waals surface area contributed by atoms with Gasteiger partial charge in [-0.2, -0.15) is 5.26 Å². The molecule has 1 atom stereocenters. The van der Waals surface area contributed by atoms with E-state index in [9.17, 15) is 4.79 Å². The Morgan fingerprint density at radius 1 is 1.56 bits per heavy atom. The van der Waals surface area contributed by atoms with Gasteiger partial charge in [-0.15, -0.1) is 0 Å². The van der Waals surface area contributed by atoms with E-state index in [1.54, 1.807) is 0 Å². The summed E-state index contributed by atoms with van der Waals surface area (Å²) in [6.45, 7) is 7.45. The highest BCUT2D eigenvalue weighted by Gasteiger charge is 2.32. The van der Waals surface area contributed by atoms with Gasteiger partial charge in [0.15, 0.2) is 0 Å². The van der Waals surface area contributed by atoms with Gasteiger partial charge >= 0.3 is 0 Å². The number of carbonyl (C=O) groups excluding carboxylic acids is 1. The topological polar surface area (TPSA) is 56.1 Å². The Morgan fingerprint density at radius 3 is 2.89 bits per heavy atom. The van der Waals surface area contributed by atoms with Crippen LogP contribution in [0.25, 0.3) is 0 Å². The van der Waals surface area contributed by atoms with Crippen molar-refractivity contribution in [3.05, 3.63) is 0 Å². The van der Waals surface area contributed by atoms with E-state index >= 15 is 0 Å². The van der Waals surface area contributed by atoms with Crippen LogP contribution in [-0.4, -0.2) is 37.5 Å². The maximum absolute atomic E-state index is 11.5. The largest absolute Gasteiger partial charge is 0.356 e. The molecule has 0 aliphatic carbocycles. The molecule has 4 nitrogen and oxygen atoms in total. The Balaban J connectivity index is 2.39. The molecule has 0 bridgehead atoms. The number of nitrogens with zero attached hydrogens (tertiary/aromatic N) is 2. The van der Waals surface area contributed by atoms with Gasteiger partial charge in [-0.3, -0.25) is 4.79 Å². The number of hydrogen-bond donors (Lipinski definition) is 1. The van der Waals surface area contributed by atoms with Crippen molar-refractivity contribution in [1.29, 1.82) is 5.26 Å². The molecule has 0 aromatic carbocycles. The van der Waals surface area contributed by atoms with Crippen molar-refractivity contribution < 1.29 is 4.79 Å². The molecule has 1 heterocycles. The molecule has 0 spiro atoms. The molecule has 4 heteroatoms. The fraction of sp³-hybridized carbons (Fsp3) is 0.857. The smallest absolute Gasteiger partial charge is 0.221 e. The van der Waals surface area contributed by atoms with Crippen LogP contribution in [0.2, 0.25) is 0 Å². The molecular weight excluding hydrogens is 226 g/mol. The zero-order chi connectivity index (χ0) is 13.6. The predicted octanol–water partition coefficient (Wildman–Crippen LogP) is 1.77. The number of nitrogens with one attached hydrogen (secondary N) is 1. The Kier molecular flexibility index (Phi) is 5.61. The SMILES string of the molecule is CN1CCCC(C(C)(C)CNC(=O)CCC#N)C1. The lowest BCUT2D eigenvalue weighted by molar-refractivity contribution is -0.121. The lowest BCUT2D eigenvalue weighted by atomic mass is 9.74. The first kappa shape index (κ1) is 15.0. The van der Waals surface area contributed by atoms with Crippen molar-refractivity contribution in [2.24, 2.45) is 11.3 Å². The highest BCUT2D eigenvalue weighted by atomic mass is 16.1. The molecule has 1 unspecified atom stereocenters. The second-order valence-corrected chi connectivity index (χ2v) is 6.02. The molecule has 1 rings (SSSR count). The van der Waals surface area contributed by atoms with E-state index in [-0.39, 0.29) is 11.3 Å². The molecule has 18 heavy (non-hydrogen) atoms. The molecule has 0 saturated carbocycles. The van der Waals surface area contributed by atoms with Crippen LogP contribution >= 0.6 is 0 Å². The van der Waals surface area contributed by atoms with Crippen LogP contribution in [0.3, 0.4) is 0 Å². The summed E-state index contributed by atoms with van der Waals surface area (Å²) in [4.78, 5) is 13.9. The number of amides is 1. The number of likely N-dealkylation sites (tertiary alicyclic amines) is 1. The van der Waals surface area contributed by atoms with Crippen LogP contribution < -0.4 is 5.32 Å².